The number of nitrogen functional groups attached to an aromatic ring is 1. The summed E-state index contributed by atoms with van der Waals surface area (Å²) in [4.78, 5) is 42.3. The number of carbonyl (C=O) groups excluding carboxylic acids is 3. The minimum absolute atomic E-state index is 0.0806. The molecule has 0 bridgehead atoms. The van der Waals surface area contributed by atoms with Crippen molar-refractivity contribution >= 4 is 46.3 Å². The lowest BCUT2D eigenvalue weighted by Gasteiger charge is -2.31. The van der Waals surface area contributed by atoms with Gasteiger partial charge < -0.3 is 21.7 Å². The smallest absolute Gasteiger partial charge is 0.273 e. The highest BCUT2D eigenvalue weighted by molar-refractivity contribution is 7.09. The third kappa shape index (κ3) is 6.42. The van der Waals surface area contributed by atoms with Crippen LogP contribution in [0.4, 0.5) is 21.5 Å². The van der Waals surface area contributed by atoms with Crippen molar-refractivity contribution in [1.82, 2.24) is 9.69 Å². The van der Waals surface area contributed by atoms with E-state index in [1.807, 2.05) is 45.0 Å². The van der Waals surface area contributed by atoms with E-state index in [9.17, 15) is 18.8 Å². The molecule has 196 valence electrons. The highest BCUT2D eigenvalue weighted by Crippen LogP contribution is 2.34. The number of nitrogens with one attached hydrogen (secondary N) is 1. The Kier molecular flexibility index (Phi) is 8.82. The minimum atomic E-state index is -1.17. The van der Waals surface area contributed by atoms with Gasteiger partial charge in [-0.3, -0.25) is 19.3 Å². The number of halogens is 1. The third-order valence-electron chi connectivity index (χ3n) is 5.71. The zero-order valence-electron chi connectivity index (χ0n) is 21.2. The molecule has 1 atom stereocenters. The molecule has 3 amide bonds. The van der Waals surface area contributed by atoms with E-state index in [0.29, 0.717) is 29.6 Å². The standard InChI is InChI=1S/C26H31FN6O3S/c1-15(2)12-13-30-25(35)22(16-8-10-18(11-9-16)32(3)4)33(19-7-5-6-17(27)14-19)26(36)23-20(28)21(24(29)34)31-37-23/h5-11,14-15,22H,12-13,28H2,1-4H3,(H2,29,34)(H,30,35). The molecule has 0 saturated heterocycles. The van der Waals surface area contributed by atoms with Gasteiger partial charge in [-0.15, -0.1) is 0 Å². The van der Waals surface area contributed by atoms with Crippen molar-refractivity contribution in [2.45, 2.75) is 26.3 Å². The highest BCUT2D eigenvalue weighted by atomic mass is 32.1. The fraction of sp³-hybridized carbons (Fsp3) is 0.308. The SMILES string of the molecule is CC(C)CCNC(=O)C(c1ccc(N(C)C)cc1)N(C(=O)c1snc(C(N)=O)c1N)c1cccc(F)c1. The average molecular weight is 527 g/mol. The summed E-state index contributed by atoms with van der Waals surface area (Å²) in [5.41, 5.74) is 12.5. The number of amides is 3. The highest BCUT2D eigenvalue weighted by Gasteiger charge is 2.36. The number of hydrogen-bond donors (Lipinski definition) is 3. The van der Waals surface area contributed by atoms with Gasteiger partial charge in [0.1, 0.15) is 16.7 Å². The summed E-state index contributed by atoms with van der Waals surface area (Å²) in [5.74, 6) is -2.29. The van der Waals surface area contributed by atoms with Crippen molar-refractivity contribution in [2.75, 3.05) is 36.2 Å². The van der Waals surface area contributed by atoms with Gasteiger partial charge in [0.15, 0.2) is 5.69 Å². The maximum atomic E-state index is 14.3. The number of nitrogens with two attached hydrogens (primary N) is 2. The molecule has 1 aromatic heterocycles. The van der Waals surface area contributed by atoms with Crippen LogP contribution in [-0.2, 0) is 4.79 Å². The second kappa shape index (κ2) is 11.8. The predicted molar refractivity (Wildman–Crippen MR) is 144 cm³/mol. The Bertz CT molecular complexity index is 1280. The van der Waals surface area contributed by atoms with Crippen LogP contribution in [0.25, 0.3) is 0 Å². The van der Waals surface area contributed by atoms with E-state index < -0.39 is 29.6 Å². The molecule has 5 N–H and O–H groups in total. The summed E-state index contributed by atoms with van der Waals surface area (Å²) in [6.45, 7) is 4.46. The maximum Gasteiger partial charge on any atom is 0.273 e. The van der Waals surface area contributed by atoms with Crippen LogP contribution in [0.2, 0.25) is 0 Å². The van der Waals surface area contributed by atoms with Crippen LogP contribution >= 0.6 is 11.5 Å². The fourth-order valence-corrected chi connectivity index (χ4v) is 4.44. The summed E-state index contributed by atoms with van der Waals surface area (Å²) in [5, 5.41) is 2.90. The number of rotatable bonds is 10. The molecule has 0 radical (unpaired) electrons. The van der Waals surface area contributed by atoms with E-state index in [0.717, 1.165) is 18.2 Å². The second-order valence-corrected chi connectivity index (χ2v) is 9.93. The number of anilines is 3. The Morgan fingerprint density at radius 1 is 1.08 bits per heavy atom. The zero-order chi connectivity index (χ0) is 27.3. The number of carbonyl (C=O) groups is 3. The number of primary amides is 1. The lowest BCUT2D eigenvalue weighted by molar-refractivity contribution is -0.122. The first-order valence-corrected chi connectivity index (χ1v) is 12.5. The lowest BCUT2D eigenvalue weighted by atomic mass is 10.0. The van der Waals surface area contributed by atoms with Crippen LogP contribution in [0.1, 0.15) is 52.0 Å². The van der Waals surface area contributed by atoms with E-state index in [1.165, 1.54) is 23.1 Å². The quantitative estimate of drug-likeness (QED) is 0.370. The lowest BCUT2D eigenvalue weighted by Crippen LogP contribution is -2.44. The monoisotopic (exact) mass is 526 g/mol. The van der Waals surface area contributed by atoms with Crippen LogP contribution in [0.3, 0.4) is 0 Å². The van der Waals surface area contributed by atoms with E-state index in [4.69, 9.17) is 11.5 Å². The molecule has 1 unspecified atom stereocenters. The molecule has 9 nitrogen and oxygen atoms in total. The Balaban J connectivity index is 2.17. The van der Waals surface area contributed by atoms with Crippen molar-refractivity contribution in [1.29, 1.82) is 0 Å². The number of hydrogen-bond acceptors (Lipinski definition) is 7. The van der Waals surface area contributed by atoms with Gasteiger partial charge in [-0.2, -0.15) is 4.37 Å². The van der Waals surface area contributed by atoms with Gasteiger partial charge in [0.25, 0.3) is 11.8 Å². The van der Waals surface area contributed by atoms with Crippen molar-refractivity contribution in [3.05, 3.63) is 70.5 Å². The first-order chi connectivity index (χ1) is 17.5. The summed E-state index contributed by atoms with van der Waals surface area (Å²) < 4.78 is 18.3. The Morgan fingerprint density at radius 3 is 2.30 bits per heavy atom. The Hall–Kier alpha value is -3.99. The van der Waals surface area contributed by atoms with Crippen LogP contribution in [0, 0.1) is 11.7 Å². The molecule has 0 aliphatic heterocycles. The first kappa shape index (κ1) is 27.6. The maximum absolute atomic E-state index is 14.3. The molecular formula is C26H31FN6O3S. The van der Waals surface area contributed by atoms with E-state index >= 15 is 0 Å². The topological polar surface area (TPSA) is 135 Å². The van der Waals surface area contributed by atoms with Crippen molar-refractivity contribution in [2.24, 2.45) is 11.7 Å². The molecule has 37 heavy (non-hydrogen) atoms. The Labute approximate surface area is 219 Å². The molecule has 3 rings (SSSR count). The number of benzene rings is 2. The van der Waals surface area contributed by atoms with Crippen molar-refractivity contribution in [3.8, 4) is 0 Å². The average Bonchev–Trinajstić information content (AvgIpc) is 3.23. The van der Waals surface area contributed by atoms with Gasteiger partial charge >= 0.3 is 0 Å². The summed E-state index contributed by atoms with van der Waals surface area (Å²) in [7, 11) is 3.77. The fourth-order valence-electron chi connectivity index (χ4n) is 3.70. The molecule has 0 saturated carbocycles. The predicted octanol–water partition coefficient (Wildman–Crippen LogP) is 3.58. The normalized spacial score (nSPS) is 11.7. The van der Waals surface area contributed by atoms with E-state index in [2.05, 4.69) is 9.69 Å². The number of aromatic nitrogens is 1. The van der Waals surface area contributed by atoms with Gasteiger partial charge in [0, 0.05) is 32.0 Å². The molecule has 11 heteroatoms. The molecule has 0 aliphatic rings. The van der Waals surface area contributed by atoms with Gasteiger partial charge in [-0.05, 0) is 59.8 Å². The van der Waals surface area contributed by atoms with Crippen LogP contribution < -0.4 is 26.6 Å². The summed E-state index contributed by atoms with van der Waals surface area (Å²) in [6.07, 6.45) is 0.732. The van der Waals surface area contributed by atoms with Gasteiger partial charge in [0.2, 0.25) is 5.91 Å². The minimum Gasteiger partial charge on any atom is -0.395 e. The van der Waals surface area contributed by atoms with Gasteiger partial charge in [-0.25, -0.2) is 4.39 Å². The first-order valence-electron chi connectivity index (χ1n) is 11.7. The van der Waals surface area contributed by atoms with Crippen LogP contribution in [0.5, 0.6) is 0 Å². The molecule has 0 aliphatic carbocycles. The van der Waals surface area contributed by atoms with Crippen molar-refractivity contribution < 1.29 is 18.8 Å². The zero-order valence-corrected chi connectivity index (χ0v) is 22.0. The largest absolute Gasteiger partial charge is 0.395 e. The number of nitrogens with zero attached hydrogens (tertiary/aromatic N) is 3. The van der Waals surface area contributed by atoms with E-state index in [-0.39, 0.29) is 21.9 Å². The van der Waals surface area contributed by atoms with Gasteiger partial charge in [0.05, 0.1) is 5.69 Å². The van der Waals surface area contributed by atoms with Gasteiger partial charge in [-0.1, -0.05) is 32.0 Å². The molecule has 0 fully saturated rings. The molecule has 2 aromatic carbocycles. The van der Waals surface area contributed by atoms with E-state index in [1.54, 1.807) is 12.1 Å². The van der Waals surface area contributed by atoms with Crippen LogP contribution in [-0.4, -0.2) is 42.7 Å². The summed E-state index contributed by atoms with van der Waals surface area (Å²) >= 11 is 0.693. The molecule has 1 heterocycles. The van der Waals surface area contributed by atoms with Crippen molar-refractivity contribution in [3.63, 3.8) is 0 Å². The third-order valence-corrected chi connectivity index (χ3v) is 6.56. The summed E-state index contributed by atoms with van der Waals surface area (Å²) in [6, 6.07) is 11.3. The second-order valence-electron chi connectivity index (χ2n) is 9.16. The molecular weight excluding hydrogens is 495 g/mol. The Morgan fingerprint density at radius 2 is 1.76 bits per heavy atom. The molecule has 0 spiro atoms. The van der Waals surface area contributed by atoms with Crippen LogP contribution in [0.15, 0.2) is 48.5 Å². The molecule has 3 aromatic rings.